The molecule has 0 bridgehead atoms. The average Bonchev–Trinajstić information content (AvgIpc) is 1.79. The summed E-state index contributed by atoms with van der Waals surface area (Å²) in [6.07, 6.45) is 0. The van der Waals surface area contributed by atoms with Gasteiger partial charge < -0.3 is 10.8 Å². The van der Waals surface area contributed by atoms with Crippen LogP contribution in [0.4, 0.5) is 0 Å². The topological polar surface area (TPSA) is 213 Å². The minimum atomic E-state index is -4.67. The molecule has 0 spiro atoms. The largest absolute Gasteiger partial charge is 0.480 e. The fourth-order valence-corrected chi connectivity index (χ4v) is 0. The molecule has 0 heterocycles. The summed E-state index contributed by atoms with van der Waals surface area (Å²) in [4.78, 5) is 9.24. The van der Waals surface area contributed by atoms with Crippen LogP contribution in [0.25, 0.3) is 0 Å². The van der Waals surface area contributed by atoms with Crippen molar-refractivity contribution in [3.63, 3.8) is 0 Å². The lowest BCUT2D eigenvalue weighted by atomic mass is 10.7. The van der Waals surface area contributed by atoms with Gasteiger partial charge in [0.25, 0.3) is 0 Å². The van der Waals surface area contributed by atoms with Crippen molar-refractivity contribution in [1.29, 1.82) is 0 Å². The molecule has 0 fully saturated rings. The van der Waals surface area contributed by atoms with E-state index in [1.807, 2.05) is 0 Å². The summed E-state index contributed by atoms with van der Waals surface area (Å²) >= 11 is 0. The molecular formula is C2H9NO10S2. The predicted molar refractivity (Wildman–Crippen MR) is 45.0 cm³/mol. The van der Waals surface area contributed by atoms with Crippen molar-refractivity contribution in [2.75, 3.05) is 6.54 Å². The Labute approximate surface area is 84.7 Å². The highest BCUT2D eigenvalue weighted by atomic mass is 32.3. The second kappa shape index (κ2) is 8.48. The van der Waals surface area contributed by atoms with Crippen LogP contribution in [0, 0.1) is 0 Å². The quantitative estimate of drug-likeness (QED) is 0.279. The Bertz CT molecular complexity index is 305. The molecule has 11 nitrogen and oxygen atoms in total. The van der Waals surface area contributed by atoms with Crippen LogP contribution in [-0.2, 0) is 25.6 Å². The average molecular weight is 271 g/mol. The standard InChI is InChI=1S/C2H5NO2.2H2O4S/c3-1-2(4)5;2*1-5(2,3)4/h1,3H2,(H,4,5);2*(H2,1,2,3,4). The first-order chi connectivity index (χ1) is 6.27. The maximum atomic E-state index is 9.24. The van der Waals surface area contributed by atoms with E-state index in [1.54, 1.807) is 0 Å². The molecule has 0 amide bonds. The van der Waals surface area contributed by atoms with Gasteiger partial charge in [0, 0.05) is 0 Å². The zero-order valence-electron chi connectivity index (χ0n) is 6.88. The molecule has 0 radical (unpaired) electrons. The highest BCUT2D eigenvalue weighted by molar-refractivity contribution is 7.80. The second-order valence-electron chi connectivity index (χ2n) is 1.49. The molecule has 0 aromatic carbocycles. The maximum absolute atomic E-state index is 9.24. The van der Waals surface area contributed by atoms with Crippen molar-refractivity contribution in [1.82, 2.24) is 0 Å². The van der Waals surface area contributed by atoms with E-state index in [-0.39, 0.29) is 6.54 Å². The number of carboxylic acids is 1. The molecule has 0 aliphatic rings. The Morgan fingerprint density at radius 2 is 1.00 bits per heavy atom. The first-order valence-electron chi connectivity index (χ1n) is 2.59. The molecule has 0 unspecified atom stereocenters. The van der Waals surface area contributed by atoms with Gasteiger partial charge in [0.15, 0.2) is 0 Å². The molecule has 0 aromatic rings. The molecule has 0 atom stereocenters. The number of aliphatic carboxylic acids is 1. The van der Waals surface area contributed by atoms with Gasteiger partial charge in [0.2, 0.25) is 0 Å². The van der Waals surface area contributed by atoms with Crippen molar-refractivity contribution < 1.29 is 44.9 Å². The first kappa shape index (κ1) is 19.7. The SMILES string of the molecule is NCC(=O)O.O=S(=O)(O)O.O=S(=O)(O)O. The van der Waals surface area contributed by atoms with Crippen LogP contribution in [0.5, 0.6) is 0 Å². The molecule has 94 valence electrons. The van der Waals surface area contributed by atoms with Gasteiger partial charge in [0.05, 0.1) is 6.54 Å². The zero-order valence-corrected chi connectivity index (χ0v) is 8.51. The van der Waals surface area contributed by atoms with Gasteiger partial charge in [-0.25, -0.2) is 0 Å². The van der Waals surface area contributed by atoms with Crippen LogP contribution < -0.4 is 5.73 Å². The maximum Gasteiger partial charge on any atom is 0.394 e. The summed E-state index contributed by atoms with van der Waals surface area (Å²) in [5.74, 6) is -0.968. The fourth-order valence-electron chi connectivity index (χ4n) is 0. The van der Waals surface area contributed by atoms with Crippen LogP contribution in [0.1, 0.15) is 0 Å². The highest BCUT2D eigenvalue weighted by Gasteiger charge is 1.85. The Balaban J connectivity index is -0.000000144. The molecule has 0 rings (SSSR count). The zero-order chi connectivity index (χ0) is 13.3. The third-order valence-corrected chi connectivity index (χ3v) is 0.175. The number of carbonyl (C=O) groups is 1. The molecule has 0 saturated heterocycles. The Hall–Kier alpha value is -0.830. The summed E-state index contributed by atoms with van der Waals surface area (Å²) in [6, 6.07) is 0. The number of rotatable bonds is 1. The van der Waals surface area contributed by atoms with Crippen LogP contribution in [0.2, 0.25) is 0 Å². The smallest absolute Gasteiger partial charge is 0.394 e. The normalized spacial score (nSPS) is 10.2. The third-order valence-electron chi connectivity index (χ3n) is 0.175. The fraction of sp³-hybridized carbons (Fsp3) is 0.500. The Kier molecular flexibility index (Phi) is 11.1. The molecule has 15 heavy (non-hydrogen) atoms. The van der Waals surface area contributed by atoms with E-state index in [4.69, 9.17) is 40.2 Å². The van der Waals surface area contributed by atoms with Crippen molar-refractivity contribution in [2.45, 2.75) is 0 Å². The molecule has 7 N–H and O–H groups in total. The van der Waals surface area contributed by atoms with Crippen LogP contribution in [0.15, 0.2) is 0 Å². The van der Waals surface area contributed by atoms with E-state index in [1.165, 1.54) is 0 Å². The number of hydrogen-bond donors (Lipinski definition) is 6. The lowest BCUT2D eigenvalue weighted by Crippen LogP contribution is -2.10. The van der Waals surface area contributed by atoms with Crippen LogP contribution in [0.3, 0.4) is 0 Å². The lowest BCUT2D eigenvalue weighted by molar-refractivity contribution is -0.135. The number of nitrogens with two attached hydrogens (primary N) is 1. The summed E-state index contributed by atoms with van der Waals surface area (Å²) < 4.78 is 63.2. The van der Waals surface area contributed by atoms with Gasteiger partial charge in [-0.3, -0.25) is 23.0 Å². The van der Waals surface area contributed by atoms with E-state index in [0.717, 1.165) is 0 Å². The predicted octanol–water partition coefficient (Wildman–Crippen LogP) is -2.28. The van der Waals surface area contributed by atoms with Crippen LogP contribution in [-0.4, -0.2) is 52.7 Å². The van der Waals surface area contributed by atoms with E-state index in [0.29, 0.717) is 0 Å². The van der Waals surface area contributed by atoms with Crippen molar-refractivity contribution >= 4 is 26.8 Å². The number of hydrogen-bond acceptors (Lipinski definition) is 6. The lowest BCUT2D eigenvalue weighted by Gasteiger charge is -1.73. The van der Waals surface area contributed by atoms with Crippen molar-refractivity contribution in [3.05, 3.63) is 0 Å². The molecule has 13 heteroatoms. The van der Waals surface area contributed by atoms with Crippen molar-refractivity contribution in [2.24, 2.45) is 5.73 Å². The first-order valence-corrected chi connectivity index (χ1v) is 5.38. The minimum Gasteiger partial charge on any atom is -0.480 e. The van der Waals surface area contributed by atoms with Gasteiger partial charge in [-0.05, 0) is 0 Å². The molecule has 0 aromatic heterocycles. The monoisotopic (exact) mass is 271 g/mol. The summed E-state index contributed by atoms with van der Waals surface area (Å²) in [5.41, 5.74) is 4.57. The minimum absolute atomic E-state index is 0.278. The van der Waals surface area contributed by atoms with Gasteiger partial charge in [0.1, 0.15) is 0 Å². The second-order valence-corrected chi connectivity index (χ2v) is 3.28. The van der Waals surface area contributed by atoms with E-state index < -0.39 is 26.8 Å². The molecular weight excluding hydrogens is 262 g/mol. The molecule has 0 aliphatic heterocycles. The van der Waals surface area contributed by atoms with Crippen LogP contribution >= 0.6 is 0 Å². The molecule has 0 saturated carbocycles. The Morgan fingerprint density at radius 1 is 0.933 bits per heavy atom. The van der Waals surface area contributed by atoms with E-state index in [9.17, 15) is 4.79 Å². The summed E-state index contributed by atoms with van der Waals surface area (Å²) in [5, 5.41) is 7.60. The summed E-state index contributed by atoms with van der Waals surface area (Å²) in [7, 11) is -9.33. The third kappa shape index (κ3) is 1200. The van der Waals surface area contributed by atoms with Gasteiger partial charge in [-0.15, -0.1) is 0 Å². The van der Waals surface area contributed by atoms with Crippen molar-refractivity contribution in [3.8, 4) is 0 Å². The van der Waals surface area contributed by atoms with E-state index >= 15 is 0 Å². The number of carboxylic acid groups (broad SMARTS) is 1. The Morgan fingerprint density at radius 3 is 1.00 bits per heavy atom. The van der Waals surface area contributed by atoms with Gasteiger partial charge in [-0.2, -0.15) is 16.8 Å². The van der Waals surface area contributed by atoms with E-state index in [2.05, 4.69) is 5.73 Å². The van der Waals surface area contributed by atoms with Gasteiger partial charge >= 0.3 is 26.8 Å². The summed E-state index contributed by atoms with van der Waals surface area (Å²) in [6.45, 7) is -0.278. The van der Waals surface area contributed by atoms with Gasteiger partial charge in [-0.1, -0.05) is 0 Å². The highest BCUT2D eigenvalue weighted by Crippen LogP contribution is 1.59. The molecule has 0 aliphatic carbocycles.